The molecule has 2 N–H and O–H groups in total. The number of hydrogen-bond acceptors (Lipinski definition) is 3. The van der Waals surface area contributed by atoms with Crippen molar-refractivity contribution in [1.82, 2.24) is 9.80 Å². The third-order valence-electron chi connectivity index (χ3n) is 6.05. The minimum atomic E-state index is 0.271. The van der Waals surface area contributed by atoms with Crippen molar-refractivity contribution in [2.24, 2.45) is 17.1 Å². The molecule has 2 rings (SSSR count). The van der Waals surface area contributed by atoms with E-state index >= 15 is 0 Å². The van der Waals surface area contributed by atoms with E-state index in [0.717, 1.165) is 12.5 Å². The summed E-state index contributed by atoms with van der Waals surface area (Å²) in [4.78, 5) is 5.14. The molecule has 2 fully saturated rings. The molecule has 3 unspecified atom stereocenters. The molecule has 0 bridgehead atoms. The zero-order valence-electron chi connectivity index (χ0n) is 14.3. The van der Waals surface area contributed by atoms with Gasteiger partial charge in [0.25, 0.3) is 0 Å². The van der Waals surface area contributed by atoms with Crippen LogP contribution in [-0.2, 0) is 0 Å². The highest BCUT2D eigenvalue weighted by Gasteiger charge is 2.44. The summed E-state index contributed by atoms with van der Waals surface area (Å²) in [6.45, 7) is 10.5. The van der Waals surface area contributed by atoms with Crippen LogP contribution < -0.4 is 5.73 Å². The Morgan fingerprint density at radius 1 is 1.10 bits per heavy atom. The number of likely N-dealkylation sites (N-methyl/N-ethyl adjacent to an activating group) is 1. The lowest BCUT2D eigenvalue weighted by molar-refractivity contribution is 0.0926. The van der Waals surface area contributed by atoms with Gasteiger partial charge in [0.05, 0.1) is 0 Å². The van der Waals surface area contributed by atoms with Gasteiger partial charge in [-0.1, -0.05) is 27.2 Å². The number of rotatable bonds is 3. The monoisotopic (exact) mass is 281 g/mol. The van der Waals surface area contributed by atoms with E-state index in [0.29, 0.717) is 11.5 Å². The molecule has 3 atom stereocenters. The van der Waals surface area contributed by atoms with Gasteiger partial charge in [0.2, 0.25) is 0 Å². The first kappa shape index (κ1) is 16.3. The fourth-order valence-electron chi connectivity index (χ4n) is 4.38. The first-order valence-corrected chi connectivity index (χ1v) is 8.41. The average molecular weight is 281 g/mol. The summed E-state index contributed by atoms with van der Waals surface area (Å²) in [5.74, 6) is 0.754. The van der Waals surface area contributed by atoms with Gasteiger partial charge in [-0.2, -0.15) is 0 Å². The van der Waals surface area contributed by atoms with Crippen molar-refractivity contribution in [3.8, 4) is 0 Å². The van der Waals surface area contributed by atoms with Crippen molar-refractivity contribution in [3.63, 3.8) is 0 Å². The molecule has 2 aliphatic rings. The van der Waals surface area contributed by atoms with Crippen molar-refractivity contribution in [2.45, 2.75) is 64.5 Å². The number of nitrogens with zero attached hydrogens (tertiary/aromatic N) is 2. The summed E-state index contributed by atoms with van der Waals surface area (Å²) in [7, 11) is 4.44. The van der Waals surface area contributed by atoms with E-state index in [4.69, 9.17) is 5.73 Å². The maximum atomic E-state index is 6.29. The van der Waals surface area contributed by atoms with Gasteiger partial charge in [0, 0.05) is 31.2 Å². The smallest absolute Gasteiger partial charge is 0.0332 e. The van der Waals surface area contributed by atoms with Gasteiger partial charge in [-0.25, -0.2) is 0 Å². The molecule has 1 saturated carbocycles. The molecule has 1 aliphatic heterocycles. The lowest BCUT2D eigenvalue weighted by atomic mass is 9.83. The van der Waals surface area contributed by atoms with Gasteiger partial charge < -0.3 is 10.6 Å². The van der Waals surface area contributed by atoms with E-state index in [1.54, 1.807) is 0 Å². The molecule has 3 nitrogen and oxygen atoms in total. The van der Waals surface area contributed by atoms with E-state index in [-0.39, 0.29) is 5.54 Å². The van der Waals surface area contributed by atoms with Crippen LogP contribution in [-0.4, -0.2) is 55.1 Å². The van der Waals surface area contributed by atoms with Crippen LogP contribution in [0.1, 0.15) is 52.9 Å². The van der Waals surface area contributed by atoms with Crippen molar-refractivity contribution in [3.05, 3.63) is 0 Å². The van der Waals surface area contributed by atoms with Crippen LogP contribution in [0.25, 0.3) is 0 Å². The first-order chi connectivity index (χ1) is 9.30. The highest BCUT2D eigenvalue weighted by atomic mass is 15.3. The summed E-state index contributed by atoms with van der Waals surface area (Å²) in [5, 5.41) is 0. The van der Waals surface area contributed by atoms with E-state index in [2.05, 4.69) is 44.7 Å². The Morgan fingerprint density at radius 2 is 1.80 bits per heavy atom. The highest BCUT2D eigenvalue weighted by molar-refractivity contribution is 5.01. The zero-order chi connectivity index (χ0) is 15.0. The molecule has 118 valence electrons. The minimum Gasteiger partial charge on any atom is -0.329 e. The average Bonchev–Trinajstić information content (AvgIpc) is 2.68. The lowest BCUT2D eigenvalue weighted by Gasteiger charge is -2.41. The Morgan fingerprint density at radius 3 is 2.35 bits per heavy atom. The number of nitrogens with two attached hydrogens (primary N) is 1. The summed E-state index contributed by atoms with van der Waals surface area (Å²) >= 11 is 0. The Labute approximate surface area is 125 Å². The molecule has 1 aliphatic carbocycles. The second-order valence-corrected chi connectivity index (χ2v) is 8.36. The summed E-state index contributed by atoms with van der Waals surface area (Å²) < 4.78 is 0. The quantitative estimate of drug-likeness (QED) is 0.807. The van der Waals surface area contributed by atoms with Crippen LogP contribution in [0.3, 0.4) is 0 Å². The van der Waals surface area contributed by atoms with E-state index in [1.807, 2.05) is 0 Å². The Balaban J connectivity index is 2.12. The maximum Gasteiger partial charge on any atom is 0.0332 e. The van der Waals surface area contributed by atoms with Crippen molar-refractivity contribution >= 4 is 0 Å². The summed E-state index contributed by atoms with van der Waals surface area (Å²) in [6.07, 6.45) is 6.59. The first-order valence-electron chi connectivity index (χ1n) is 8.41. The van der Waals surface area contributed by atoms with Crippen LogP contribution in [0.4, 0.5) is 0 Å². The van der Waals surface area contributed by atoms with E-state index in [9.17, 15) is 0 Å². The largest absolute Gasteiger partial charge is 0.329 e. The Kier molecular flexibility index (Phi) is 4.83. The predicted molar refractivity (Wildman–Crippen MR) is 86.9 cm³/mol. The van der Waals surface area contributed by atoms with E-state index < -0.39 is 0 Å². The fourth-order valence-corrected chi connectivity index (χ4v) is 4.38. The molecule has 0 radical (unpaired) electrons. The summed E-state index contributed by atoms with van der Waals surface area (Å²) in [6, 6.07) is 0.690. The standard InChI is InChI=1S/C17H35N3/c1-14-11-20(12-15(14)19(4)5)17(13-18)8-6-7-16(2,3)9-10-17/h14-15H,6-13,18H2,1-5H3. The molecule has 0 aromatic rings. The second-order valence-electron chi connectivity index (χ2n) is 8.36. The SMILES string of the molecule is CC1CN(C2(CN)CCCC(C)(C)CC2)CC1N(C)C. The van der Waals surface area contributed by atoms with Crippen molar-refractivity contribution in [2.75, 3.05) is 33.7 Å². The normalized spacial score (nSPS) is 39.1. The zero-order valence-corrected chi connectivity index (χ0v) is 14.3. The molecular formula is C17H35N3. The van der Waals surface area contributed by atoms with Gasteiger partial charge in [-0.15, -0.1) is 0 Å². The third-order valence-corrected chi connectivity index (χ3v) is 6.05. The van der Waals surface area contributed by atoms with Crippen molar-refractivity contribution < 1.29 is 0 Å². The van der Waals surface area contributed by atoms with E-state index in [1.165, 1.54) is 45.2 Å². The van der Waals surface area contributed by atoms with Gasteiger partial charge in [-0.05, 0) is 51.1 Å². The van der Waals surface area contributed by atoms with Gasteiger partial charge in [-0.3, -0.25) is 4.90 Å². The van der Waals surface area contributed by atoms with Crippen LogP contribution in [0.2, 0.25) is 0 Å². The topological polar surface area (TPSA) is 32.5 Å². The number of likely N-dealkylation sites (tertiary alicyclic amines) is 1. The molecule has 0 amide bonds. The number of hydrogen-bond donors (Lipinski definition) is 1. The third kappa shape index (κ3) is 3.20. The van der Waals surface area contributed by atoms with Gasteiger partial charge in [0.1, 0.15) is 0 Å². The van der Waals surface area contributed by atoms with Crippen LogP contribution >= 0.6 is 0 Å². The Bertz CT molecular complexity index is 326. The van der Waals surface area contributed by atoms with Crippen LogP contribution in [0, 0.1) is 11.3 Å². The fraction of sp³-hybridized carbons (Fsp3) is 1.00. The molecule has 0 spiro atoms. The lowest BCUT2D eigenvalue weighted by Crippen LogP contribution is -2.53. The molecule has 1 heterocycles. The molecule has 0 aromatic carbocycles. The molecule has 0 aromatic heterocycles. The Hall–Kier alpha value is -0.120. The van der Waals surface area contributed by atoms with Gasteiger partial charge in [0.15, 0.2) is 0 Å². The predicted octanol–water partition coefficient (Wildman–Crippen LogP) is 2.56. The molecule has 3 heteroatoms. The molecular weight excluding hydrogens is 246 g/mol. The summed E-state index contributed by atoms with van der Waals surface area (Å²) in [5.41, 5.74) is 7.06. The van der Waals surface area contributed by atoms with Crippen LogP contribution in [0.15, 0.2) is 0 Å². The second kappa shape index (κ2) is 5.94. The molecule has 20 heavy (non-hydrogen) atoms. The maximum absolute atomic E-state index is 6.29. The minimum absolute atomic E-state index is 0.271. The molecule has 1 saturated heterocycles. The van der Waals surface area contributed by atoms with Gasteiger partial charge >= 0.3 is 0 Å². The highest BCUT2D eigenvalue weighted by Crippen LogP contribution is 2.42. The van der Waals surface area contributed by atoms with Crippen molar-refractivity contribution in [1.29, 1.82) is 0 Å². The van der Waals surface area contributed by atoms with Crippen LogP contribution in [0.5, 0.6) is 0 Å².